The Morgan fingerprint density at radius 2 is 1.83 bits per heavy atom. The van der Waals surface area contributed by atoms with Crippen molar-refractivity contribution in [3.63, 3.8) is 0 Å². The molecule has 1 aliphatic rings. The molecule has 4 heteroatoms. The zero-order chi connectivity index (χ0) is 16.5. The van der Waals surface area contributed by atoms with Gasteiger partial charge in [0.05, 0.1) is 0 Å². The zero-order valence-electron chi connectivity index (χ0n) is 13.0. The summed E-state index contributed by atoms with van der Waals surface area (Å²) in [6.45, 7) is 0.754. The maximum Gasteiger partial charge on any atom is 0.255 e. The monoisotopic (exact) mass is 353 g/mol. The van der Waals surface area contributed by atoms with Crippen LogP contribution < -0.4 is 0 Å². The van der Waals surface area contributed by atoms with Crippen molar-refractivity contribution in [1.82, 2.24) is 4.90 Å². The van der Waals surface area contributed by atoms with Gasteiger partial charge in [-0.3, -0.25) is 4.79 Å². The third-order valence-corrected chi connectivity index (χ3v) is 5.80. The van der Waals surface area contributed by atoms with E-state index in [0.29, 0.717) is 5.02 Å². The second-order valence-corrected chi connectivity index (χ2v) is 7.43. The van der Waals surface area contributed by atoms with Gasteiger partial charge in [0.25, 0.3) is 5.91 Å². The number of carbonyl (C=O) groups excluding carboxylic acids is 1. The van der Waals surface area contributed by atoms with Crippen molar-refractivity contribution in [3.8, 4) is 0 Å². The lowest BCUT2D eigenvalue weighted by Gasteiger charge is -2.25. The topological polar surface area (TPSA) is 20.3 Å². The Kier molecular flexibility index (Phi) is 4.21. The first-order valence-electron chi connectivity index (χ1n) is 7.90. The summed E-state index contributed by atoms with van der Waals surface area (Å²) in [4.78, 5) is 15.2. The molecule has 1 fully saturated rings. The Morgan fingerprint density at radius 1 is 1.04 bits per heavy atom. The van der Waals surface area contributed by atoms with E-state index in [-0.39, 0.29) is 11.3 Å². The van der Waals surface area contributed by atoms with Gasteiger partial charge in [0.15, 0.2) is 0 Å². The van der Waals surface area contributed by atoms with Crippen LogP contribution in [0.15, 0.2) is 66.7 Å². The van der Waals surface area contributed by atoms with Gasteiger partial charge in [-0.1, -0.05) is 60.1 Å². The molecule has 0 aliphatic carbocycles. The van der Waals surface area contributed by atoms with Gasteiger partial charge in [0.1, 0.15) is 5.37 Å². The third kappa shape index (κ3) is 2.79. The minimum absolute atomic E-state index is 0.0233. The molecule has 1 amide bonds. The van der Waals surface area contributed by atoms with E-state index >= 15 is 0 Å². The number of hydrogen-bond acceptors (Lipinski definition) is 2. The molecule has 0 unspecified atom stereocenters. The van der Waals surface area contributed by atoms with E-state index < -0.39 is 0 Å². The predicted molar refractivity (Wildman–Crippen MR) is 102 cm³/mol. The van der Waals surface area contributed by atoms with Crippen LogP contribution in [0.5, 0.6) is 0 Å². The number of amides is 1. The Labute approximate surface area is 150 Å². The highest BCUT2D eigenvalue weighted by molar-refractivity contribution is 7.99. The smallest absolute Gasteiger partial charge is 0.255 e. The van der Waals surface area contributed by atoms with Gasteiger partial charge >= 0.3 is 0 Å². The summed E-state index contributed by atoms with van der Waals surface area (Å²) in [5.74, 6) is 1.02. The highest BCUT2D eigenvalue weighted by Gasteiger charge is 2.31. The molecule has 0 bridgehead atoms. The average molecular weight is 354 g/mol. The molecule has 3 aromatic carbocycles. The lowest BCUT2D eigenvalue weighted by molar-refractivity contribution is 0.0762. The molecule has 0 radical (unpaired) electrons. The van der Waals surface area contributed by atoms with Crippen LogP contribution in [0, 0.1) is 0 Å². The van der Waals surface area contributed by atoms with Crippen LogP contribution >= 0.6 is 23.4 Å². The lowest BCUT2D eigenvalue weighted by atomic mass is 10.0. The highest BCUT2D eigenvalue weighted by atomic mass is 35.5. The van der Waals surface area contributed by atoms with Crippen molar-refractivity contribution in [1.29, 1.82) is 0 Å². The van der Waals surface area contributed by atoms with Crippen molar-refractivity contribution in [2.75, 3.05) is 12.3 Å². The molecule has 2 nitrogen and oxygen atoms in total. The number of thioether (sulfide) groups is 1. The van der Waals surface area contributed by atoms with Gasteiger partial charge < -0.3 is 4.90 Å². The van der Waals surface area contributed by atoms with E-state index in [9.17, 15) is 4.79 Å². The number of halogens is 1. The van der Waals surface area contributed by atoms with Crippen LogP contribution in [-0.4, -0.2) is 23.1 Å². The standard InChI is InChI=1S/C20H16ClNOS/c21-16-8-3-7-15(13-16)20-22(11-12-24-20)19(23)18-10-4-6-14-5-1-2-9-17(14)18/h1-10,13,20H,11-12H2/t20-/m0/s1. The zero-order valence-corrected chi connectivity index (χ0v) is 14.6. The molecule has 4 rings (SSSR count). The highest BCUT2D eigenvalue weighted by Crippen LogP contribution is 2.39. The van der Waals surface area contributed by atoms with Gasteiger partial charge in [-0.25, -0.2) is 0 Å². The van der Waals surface area contributed by atoms with E-state index in [2.05, 4.69) is 0 Å². The molecule has 1 saturated heterocycles. The normalized spacial score (nSPS) is 17.4. The second-order valence-electron chi connectivity index (χ2n) is 5.80. The molecular weight excluding hydrogens is 338 g/mol. The Bertz CT molecular complexity index is 906. The van der Waals surface area contributed by atoms with Crippen LogP contribution in [0.4, 0.5) is 0 Å². The minimum Gasteiger partial charge on any atom is -0.322 e. The van der Waals surface area contributed by atoms with Crippen LogP contribution in [0.25, 0.3) is 10.8 Å². The van der Waals surface area contributed by atoms with Crippen molar-refractivity contribution < 1.29 is 4.79 Å². The number of fused-ring (bicyclic) bond motifs is 1. The number of nitrogens with zero attached hydrogens (tertiary/aromatic N) is 1. The summed E-state index contributed by atoms with van der Waals surface area (Å²) >= 11 is 7.92. The summed E-state index contributed by atoms with van der Waals surface area (Å²) in [5.41, 5.74) is 1.85. The van der Waals surface area contributed by atoms with E-state index in [1.807, 2.05) is 71.6 Å². The first-order chi connectivity index (χ1) is 11.7. The molecule has 3 aromatic rings. The summed E-state index contributed by atoms with van der Waals surface area (Å²) in [6, 6.07) is 21.7. The summed E-state index contributed by atoms with van der Waals surface area (Å²) in [7, 11) is 0. The number of carbonyl (C=O) groups is 1. The number of hydrogen-bond donors (Lipinski definition) is 0. The lowest BCUT2D eigenvalue weighted by Crippen LogP contribution is -2.30. The van der Waals surface area contributed by atoms with Crippen LogP contribution in [0.2, 0.25) is 5.02 Å². The van der Waals surface area contributed by atoms with Crippen molar-refractivity contribution in [3.05, 3.63) is 82.9 Å². The molecule has 0 saturated carbocycles. The molecule has 1 aliphatic heterocycles. The molecule has 24 heavy (non-hydrogen) atoms. The van der Waals surface area contributed by atoms with E-state index in [1.54, 1.807) is 11.8 Å². The number of rotatable bonds is 2. The van der Waals surface area contributed by atoms with E-state index in [4.69, 9.17) is 11.6 Å². The van der Waals surface area contributed by atoms with Crippen molar-refractivity contribution in [2.45, 2.75) is 5.37 Å². The van der Waals surface area contributed by atoms with Gasteiger partial charge in [-0.2, -0.15) is 0 Å². The van der Waals surface area contributed by atoms with Gasteiger partial charge in [-0.15, -0.1) is 11.8 Å². The fourth-order valence-electron chi connectivity index (χ4n) is 3.18. The number of benzene rings is 3. The average Bonchev–Trinajstić information content (AvgIpc) is 3.10. The summed E-state index contributed by atoms with van der Waals surface area (Å²) in [6.07, 6.45) is 0. The van der Waals surface area contributed by atoms with Crippen LogP contribution in [0.3, 0.4) is 0 Å². The first kappa shape index (κ1) is 15.6. The summed E-state index contributed by atoms with van der Waals surface area (Å²) in [5, 5.41) is 2.83. The van der Waals surface area contributed by atoms with Gasteiger partial charge in [0, 0.05) is 22.9 Å². The van der Waals surface area contributed by atoms with Crippen LogP contribution in [-0.2, 0) is 0 Å². The van der Waals surface area contributed by atoms with E-state index in [0.717, 1.165) is 34.2 Å². The fourth-order valence-corrected chi connectivity index (χ4v) is 4.63. The predicted octanol–water partition coefficient (Wildman–Crippen LogP) is 5.38. The van der Waals surface area contributed by atoms with Gasteiger partial charge in [-0.05, 0) is 34.5 Å². The fraction of sp³-hybridized carbons (Fsp3) is 0.150. The quantitative estimate of drug-likeness (QED) is 0.616. The maximum absolute atomic E-state index is 13.2. The molecule has 0 spiro atoms. The molecule has 120 valence electrons. The molecular formula is C20H16ClNOS. The van der Waals surface area contributed by atoms with E-state index in [1.165, 1.54) is 0 Å². The third-order valence-electron chi connectivity index (χ3n) is 4.31. The van der Waals surface area contributed by atoms with Crippen molar-refractivity contribution >= 4 is 40.0 Å². The van der Waals surface area contributed by atoms with Crippen molar-refractivity contribution in [2.24, 2.45) is 0 Å². The molecule has 1 atom stereocenters. The second kappa shape index (κ2) is 6.50. The Hall–Kier alpha value is -1.97. The Balaban J connectivity index is 1.73. The SMILES string of the molecule is O=C(c1cccc2ccccc12)N1CCS[C@H]1c1cccc(Cl)c1. The molecule has 1 heterocycles. The minimum atomic E-state index is 0.0233. The maximum atomic E-state index is 13.2. The first-order valence-corrected chi connectivity index (χ1v) is 9.32. The Morgan fingerprint density at radius 3 is 2.71 bits per heavy atom. The largest absolute Gasteiger partial charge is 0.322 e. The summed E-state index contributed by atoms with van der Waals surface area (Å²) < 4.78 is 0. The van der Waals surface area contributed by atoms with Crippen LogP contribution in [0.1, 0.15) is 21.3 Å². The molecule has 0 aromatic heterocycles. The molecule has 0 N–H and O–H groups in total. The van der Waals surface area contributed by atoms with Gasteiger partial charge in [0.2, 0.25) is 0 Å².